The summed E-state index contributed by atoms with van der Waals surface area (Å²) in [7, 11) is 0.695. The molecule has 6 heteroatoms. The van der Waals surface area contributed by atoms with E-state index in [9.17, 15) is 8.42 Å². The monoisotopic (exact) mass is 313 g/mol. The lowest BCUT2D eigenvalue weighted by Crippen LogP contribution is -2.44. The van der Waals surface area contributed by atoms with Gasteiger partial charge in [-0.1, -0.05) is 6.92 Å². The molecule has 0 bridgehead atoms. The molecule has 1 rings (SSSR count). The van der Waals surface area contributed by atoms with Gasteiger partial charge in [0.15, 0.2) is 0 Å². The molecule has 0 heterocycles. The largest absolute Gasteiger partial charge is 0.383 e. The molecule has 0 saturated heterocycles. The van der Waals surface area contributed by atoms with Crippen molar-refractivity contribution in [1.82, 2.24) is 9.62 Å². The zero-order valence-corrected chi connectivity index (χ0v) is 14.4. The molecule has 1 aromatic carbocycles. The molecule has 0 aromatic heterocycles. The molecule has 0 aliphatic heterocycles. The second kappa shape index (κ2) is 7.24. The van der Waals surface area contributed by atoms with Crippen LogP contribution in [-0.2, 0) is 10.0 Å². The van der Waals surface area contributed by atoms with E-state index in [2.05, 4.69) is 28.8 Å². The second-order valence-corrected chi connectivity index (χ2v) is 7.75. The van der Waals surface area contributed by atoms with Gasteiger partial charge in [-0.05, 0) is 58.6 Å². The summed E-state index contributed by atoms with van der Waals surface area (Å²) < 4.78 is 26.5. The Balaban J connectivity index is 2.71. The smallest absolute Gasteiger partial charge is 0.240 e. The summed E-state index contributed by atoms with van der Waals surface area (Å²) in [6.07, 6.45) is 0.776. The van der Waals surface area contributed by atoms with Crippen molar-refractivity contribution in [1.29, 1.82) is 0 Å². The van der Waals surface area contributed by atoms with Crippen LogP contribution in [0.4, 0.5) is 5.69 Å². The van der Waals surface area contributed by atoms with Crippen LogP contribution in [0.5, 0.6) is 0 Å². The highest BCUT2D eigenvalue weighted by molar-refractivity contribution is 7.89. The zero-order valence-electron chi connectivity index (χ0n) is 13.6. The SMILES string of the molecule is CCCNS(=O)(=O)c1ccc(NCC(C)(C)N(C)C)cc1. The molecule has 5 nitrogen and oxygen atoms in total. The number of hydrogen-bond acceptors (Lipinski definition) is 4. The van der Waals surface area contributed by atoms with Gasteiger partial charge in [0.2, 0.25) is 10.0 Å². The number of hydrogen-bond donors (Lipinski definition) is 2. The van der Waals surface area contributed by atoms with Crippen molar-refractivity contribution < 1.29 is 8.42 Å². The minimum atomic E-state index is -3.38. The van der Waals surface area contributed by atoms with Gasteiger partial charge in [-0.3, -0.25) is 0 Å². The minimum absolute atomic E-state index is 0.0213. The predicted octanol–water partition coefficient (Wildman–Crippen LogP) is 2.13. The maximum atomic E-state index is 12.0. The summed E-state index contributed by atoms with van der Waals surface area (Å²) in [4.78, 5) is 2.45. The average molecular weight is 313 g/mol. The highest BCUT2D eigenvalue weighted by Gasteiger charge is 2.20. The van der Waals surface area contributed by atoms with E-state index in [0.717, 1.165) is 18.7 Å². The van der Waals surface area contributed by atoms with Crippen LogP contribution in [-0.4, -0.2) is 46.0 Å². The summed E-state index contributed by atoms with van der Waals surface area (Å²) >= 11 is 0. The fraction of sp³-hybridized carbons (Fsp3) is 0.600. The first kappa shape index (κ1) is 17.9. The average Bonchev–Trinajstić information content (AvgIpc) is 2.43. The van der Waals surface area contributed by atoms with E-state index in [1.807, 2.05) is 21.0 Å². The molecule has 1 aromatic rings. The normalized spacial score (nSPS) is 12.7. The van der Waals surface area contributed by atoms with Crippen LogP contribution in [0.3, 0.4) is 0 Å². The van der Waals surface area contributed by atoms with Crippen LogP contribution in [0.25, 0.3) is 0 Å². The molecule has 21 heavy (non-hydrogen) atoms. The van der Waals surface area contributed by atoms with E-state index < -0.39 is 10.0 Å². The van der Waals surface area contributed by atoms with Crippen molar-refractivity contribution in [2.24, 2.45) is 0 Å². The lowest BCUT2D eigenvalue weighted by Gasteiger charge is -2.33. The van der Waals surface area contributed by atoms with Crippen molar-refractivity contribution in [3.8, 4) is 0 Å². The first-order valence-electron chi connectivity index (χ1n) is 7.20. The Kier molecular flexibility index (Phi) is 6.19. The van der Waals surface area contributed by atoms with Crippen LogP contribution < -0.4 is 10.0 Å². The fourth-order valence-electron chi connectivity index (χ4n) is 1.55. The number of rotatable bonds is 8. The van der Waals surface area contributed by atoms with E-state index in [1.54, 1.807) is 24.3 Å². The van der Waals surface area contributed by atoms with Gasteiger partial charge in [-0.2, -0.15) is 0 Å². The molecule has 0 saturated carbocycles. The summed E-state index contributed by atoms with van der Waals surface area (Å²) in [6.45, 7) is 7.46. The highest BCUT2D eigenvalue weighted by atomic mass is 32.2. The van der Waals surface area contributed by atoms with Crippen molar-refractivity contribution in [2.75, 3.05) is 32.5 Å². The number of benzene rings is 1. The molecule has 0 atom stereocenters. The number of sulfonamides is 1. The second-order valence-electron chi connectivity index (χ2n) is 5.98. The van der Waals surface area contributed by atoms with Gasteiger partial charge in [0, 0.05) is 24.3 Å². The summed E-state index contributed by atoms with van der Waals surface area (Å²) in [5, 5.41) is 3.33. The number of likely N-dealkylation sites (N-methyl/N-ethyl adjacent to an activating group) is 1. The van der Waals surface area contributed by atoms with Gasteiger partial charge in [-0.15, -0.1) is 0 Å². The van der Waals surface area contributed by atoms with E-state index in [0.29, 0.717) is 11.4 Å². The van der Waals surface area contributed by atoms with E-state index >= 15 is 0 Å². The Morgan fingerprint density at radius 3 is 2.19 bits per heavy atom. The molecule has 120 valence electrons. The molecular formula is C15H27N3O2S. The van der Waals surface area contributed by atoms with Crippen LogP contribution >= 0.6 is 0 Å². The maximum absolute atomic E-state index is 12.0. The Labute approximate surface area is 128 Å². The number of nitrogens with zero attached hydrogens (tertiary/aromatic N) is 1. The summed E-state index contributed by atoms with van der Waals surface area (Å²) in [5.74, 6) is 0. The zero-order chi connectivity index (χ0) is 16.1. The Morgan fingerprint density at radius 1 is 1.14 bits per heavy atom. The van der Waals surface area contributed by atoms with Gasteiger partial charge in [0.05, 0.1) is 4.90 Å². The third-order valence-corrected chi connectivity index (χ3v) is 5.12. The molecule has 0 unspecified atom stereocenters. The van der Waals surface area contributed by atoms with Crippen molar-refractivity contribution in [3.05, 3.63) is 24.3 Å². The van der Waals surface area contributed by atoms with Gasteiger partial charge in [0.25, 0.3) is 0 Å². The molecule has 0 radical (unpaired) electrons. The Hall–Kier alpha value is -1.11. The molecule has 0 aliphatic carbocycles. The molecule has 0 amide bonds. The lowest BCUT2D eigenvalue weighted by molar-refractivity contribution is 0.210. The van der Waals surface area contributed by atoms with Gasteiger partial charge in [-0.25, -0.2) is 13.1 Å². The van der Waals surface area contributed by atoms with Crippen LogP contribution in [0.1, 0.15) is 27.2 Å². The third kappa shape index (κ3) is 5.30. The van der Waals surface area contributed by atoms with Crippen molar-refractivity contribution in [3.63, 3.8) is 0 Å². The minimum Gasteiger partial charge on any atom is -0.383 e. The van der Waals surface area contributed by atoms with Gasteiger partial charge >= 0.3 is 0 Å². The standard InChI is InChI=1S/C15H27N3O2S/c1-6-11-17-21(19,20)14-9-7-13(8-10-14)16-12-15(2,3)18(4)5/h7-10,16-17H,6,11-12H2,1-5H3. The lowest BCUT2D eigenvalue weighted by atomic mass is 10.0. The Bertz CT molecular complexity index is 537. The van der Waals surface area contributed by atoms with E-state index in [4.69, 9.17) is 0 Å². The van der Waals surface area contributed by atoms with E-state index in [-0.39, 0.29) is 5.54 Å². The highest BCUT2D eigenvalue weighted by Crippen LogP contribution is 2.16. The number of nitrogens with one attached hydrogen (secondary N) is 2. The van der Waals surface area contributed by atoms with Crippen molar-refractivity contribution in [2.45, 2.75) is 37.6 Å². The van der Waals surface area contributed by atoms with Crippen LogP contribution in [0.2, 0.25) is 0 Å². The Morgan fingerprint density at radius 2 is 1.71 bits per heavy atom. The molecule has 0 fully saturated rings. The first-order valence-corrected chi connectivity index (χ1v) is 8.68. The fourth-order valence-corrected chi connectivity index (χ4v) is 2.68. The van der Waals surface area contributed by atoms with Crippen LogP contribution in [0.15, 0.2) is 29.2 Å². The summed E-state index contributed by atoms with van der Waals surface area (Å²) in [6, 6.07) is 6.85. The molecule has 0 spiro atoms. The third-order valence-electron chi connectivity index (χ3n) is 3.64. The van der Waals surface area contributed by atoms with Gasteiger partial charge in [0.1, 0.15) is 0 Å². The van der Waals surface area contributed by atoms with E-state index in [1.165, 1.54) is 0 Å². The topological polar surface area (TPSA) is 61.4 Å². The molecular weight excluding hydrogens is 286 g/mol. The van der Waals surface area contributed by atoms with Crippen molar-refractivity contribution >= 4 is 15.7 Å². The molecule has 0 aliphatic rings. The van der Waals surface area contributed by atoms with Crippen LogP contribution in [0, 0.1) is 0 Å². The quantitative estimate of drug-likeness (QED) is 0.772. The van der Waals surface area contributed by atoms with Gasteiger partial charge < -0.3 is 10.2 Å². The first-order chi connectivity index (χ1) is 9.69. The number of anilines is 1. The molecule has 2 N–H and O–H groups in total. The maximum Gasteiger partial charge on any atom is 0.240 e. The predicted molar refractivity (Wildman–Crippen MR) is 88.2 cm³/mol. The summed E-state index contributed by atoms with van der Waals surface area (Å²) in [5.41, 5.74) is 0.937.